The fourth-order valence-electron chi connectivity index (χ4n) is 1.59. The van der Waals surface area contributed by atoms with Crippen LogP contribution in [-0.2, 0) is 12.8 Å². The van der Waals surface area contributed by atoms with Crippen LogP contribution >= 0.6 is 0 Å². The summed E-state index contributed by atoms with van der Waals surface area (Å²) >= 11 is 0. The van der Waals surface area contributed by atoms with E-state index in [1.54, 1.807) is 0 Å². The van der Waals surface area contributed by atoms with Crippen molar-refractivity contribution in [2.24, 2.45) is 0 Å². The monoisotopic (exact) mass is 231 g/mol. The van der Waals surface area contributed by atoms with Gasteiger partial charge in [0, 0.05) is 18.5 Å². The number of likely N-dealkylation sites (N-methyl/N-ethyl adjacent to an activating group) is 1. The van der Waals surface area contributed by atoms with Gasteiger partial charge in [-0.25, -0.2) is 0 Å². The second-order valence-corrected chi connectivity index (χ2v) is 3.92. The Morgan fingerprint density at radius 2 is 2.00 bits per heavy atom. The number of nitrogens with zero attached hydrogens (tertiary/aromatic N) is 2. The van der Waals surface area contributed by atoms with E-state index in [0.717, 1.165) is 30.8 Å². The molecular formula is C13H17N3O. The van der Waals surface area contributed by atoms with E-state index in [-0.39, 0.29) is 0 Å². The Labute approximate surface area is 101 Å². The van der Waals surface area contributed by atoms with Crippen LogP contribution in [0.15, 0.2) is 28.8 Å². The molecule has 0 unspecified atom stereocenters. The molecule has 0 aliphatic heterocycles. The summed E-state index contributed by atoms with van der Waals surface area (Å²) in [5.41, 5.74) is 2.29. The highest BCUT2D eigenvalue weighted by Crippen LogP contribution is 2.17. The second kappa shape index (κ2) is 5.59. The Hall–Kier alpha value is -1.68. The zero-order chi connectivity index (χ0) is 12.1. The number of nitrogens with one attached hydrogen (secondary N) is 1. The highest BCUT2D eigenvalue weighted by molar-refractivity contribution is 5.53. The molecule has 0 amide bonds. The standard InChI is InChI=1S/C13H17N3O/c1-3-10-4-6-11(7-5-10)13-15-12(16-17-13)8-9-14-2/h4-7,14H,3,8-9H2,1-2H3. The van der Waals surface area contributed by atoms with Crippen LogP contribution in [0, 0.1) is 0 Å². The van der Waals surface area contributed by atoms with Crippen LogP contribution < -0.4 is 5.32 Å². The number of rotatable bonds is 5. The van der Waals surface area contributed by atoms with Crippen molar-refractivity contribution in [3.8, 4) is 11.5 Å². The molecule has 0 aliphatic rings. The van der Waals surface area contributed by atoms with Gasteiger partial charge < -0.3 is 9.84 Å². The summed E-state index contributed by atoms with van der Waals surface area (Å²) in [5.74, 6) is 1.34. The van der Waals surface area contributed by atoms with Crippen molar-refractivity contribution in [3.63, 3.8) is 0 Å². The number of benzene rings is 1. The summed E-state index contributed by atoms with van der Waals surface area (Å²) in [4.78, 5) is 4.36. The van der Waals surface area contributed by atoms with Gasteiger partial charge >= 0.3 is 0 Å². The minimum Gasteiger partial charge on any atom is -0.334 e. The molecule has 1 aromatic heterocycles. The molecule has 2 aromatic rings. The molecule has 4 heteroatoms. The van der Waals surface area contributed by atoms with Gasteiger partial charge in [0.2, 0.25) is 0 Å². The molecule has 0 spiro atoms. The summed E-state index contributed by atoms with van der Waals surface area (Å²) in [6.07, 6.45) is 1.82. The molecular weight excluding hydrogens is 214 g/mol. The van der Waals surface area contributed by atoms with Crippen molar-refractivity contribution in [1.29, 1.82) is 0 Å². The summed E-state index contributed by atoms with van der Waals surface area (Å²) in [6, 6.07) is 8.22. The Balaban J connectivity index is 2.12. The van der Waals surface area contributed by atoms with E-state index >= 15 is 0 Å². The zero-order valence-electron chi connectivity index (χ0n) is 10.2. The second-order valence-electron chi connectivity index (χ2n) is 3.92. The van der Waals surface area contributed by atoms with Crippen LogP contribution in [0.1, 0.15) is 18.3 Å². The molecule has 1 heterocycles. The van der Waals surface area contributed by atoms with Crippen molar-refractivity contribution in [3.05, 3.63) is 35.7 Å². The molecule has 17 heavy (non-hydrogen) atoms. The smallest absolute Gasteiger partial charge is 0.257 e. The maximum atomic E-state index is 5.23. The van der Waals surface area contributed by atoms with Gasteiger partial charge in [-0.15, -0.1) is 0 Å². The van der Waals surface area contributed by atoms with E-state index in [0.29, 0.717) is 5.89 Å². The van der Waals surface area contributed by atoms with E-state index < -0.39 is 0 Å². The van der Waals surface area contributed by atoms with Gasteiger partial charge in [-0.05, 0) is 31.2 Å². The van der Waals surface area contributed by atoms with Crippen LogP contribution in [0.2, 0.25) is 0 Å². The molecule has 0 saturated heterocycles. The quantitative estimate of drug-likeness (QED) is 0.855. The summed E-state index contributed by atoms with van der Waals surface area (Å²) in [5, 5.41) is 7.01. The molecule has 0 atom stereocenters. The van der Waals surface area contributed by atoms with E-state index in [9.17, 15) is 0 Å². The SMILES string of the molecule is CCc1ccc(-c2nc(CCNC)no2)cc1. The largest absolute Gasteiger partial charge is 0.334 e. The number of aromatic nitrogens is 2. The van der Waals surface area contributed by atoms with E-state index in [2.05, 4.69) is 34.5 Å². The molecule has 0 saturated carbocycles. The fourth-order valence-corrected chi connectivity index (χ4v) is 1.59. The third-order valence-electron chi connectivity index (χ3n) is 2.68. The van der Waals surface area contributed by atoms with Gasteiger partial charge in [0.25, 0.3) is 5.89 Å². The van der Waals surface area contributed by atoms with Gasteiger partial charge in [-0.3, -0.25) is 0 Å². The fraction of sp³-hybridized carbons (Fsp3) is 0.385. The van der Waals surface area contributed by atoms with Crippen molar-refractivity contribution in [2.75, 3.05) is 13.6 Å². The summed E-state index contributed by atoms with van der Waals surface area (Å²) in [7, 11) is 1.91. The maximum Gasteiger partial charge on any atom is 0.257 e. The van der Waals surface area contributed by atoms with Crippen molar-refractivity contribution >= 4 is 0 Å². The molecule has 0 radical (unpaired) electrons. The highest BCUT2D eigenvalue weighted by Gasteiger charge is 2.07. The van der Waals surface area contributed by atoms with Gasteiger partial charge in [0.05, 0.1) is 0 Å². The molecule has 0 bridgehead atoms. The lowest BCUT2D eigenvalue weighted by molar-refractivity contribution is 0.422. The van der Waals surface area contributed by atoms with E-state index in [1.165, 1.54) is 5.56 Å². The summed E-state index contributed by atoms with van der Waals surface area (Å²) < 4.78 is 5.23. The highest BCUT2D eigenvalue weighted by atomic mass is 16.5. The van der Waals surface area contributed by atoms with E-state index in [1.807, 2.05) is 19.2 Å². The average molecular weight is 231 g/mol. The topological polar surface area (TPSA) is 51.0 Å². The Morgan fingerprint density at radius 3 is 2.65 bits per heavy atom. The van der Waals surface area contributed by atoms with Crippen molar-refractivity contribution in [1.82, 2.24) is 15.5 Å². The van der Waals surface area contributed by atoms with Gasteiger partial charge in [-0.1, -0.05) is 24.2 Å². The Bertz CT molecular complexity index is 462. The minimum atomic E-state index is 0.596. The molecule has 2 rings (SSSR count). The normalized spacial score (nSPS) is 10.7. The molecule has 4 nitrogen and oxygen atoms in total. The molecule has 0 fully saturated rings. The van der Waals surface area contributed by atoms with Gasteiger partial charge in [0.1, 0.15) is 0 Å². The molecule has 1 aromatic carbocycles. The predicted molar refractivity (Wildman–Crippen MR) is 66.7 cm³/mol. The van der Waals surface area contributed by atoms with Crippen LogP contribution in [0.3, 0.4) is 0 Å². The lowest BCUT2D eigenvalue weighted by Gasteiger charge is -1.97. The van der Waals surface area contributed by atoms with Crippen LogP contribution in [0.25, 0.3) is 11.5 Å². The first-order valence-electron chi connectivity index (χ1n) is 5.90. The van der Waals surface area contributed by atoms with Gasteiger partial charge in [0.15, 0.2) is 5.82 Å². The van der Waals surface area contributed by atoms with E-state index in [4.69, 9.17) is 4.52 Å². The Kier molecular flexibility index (Phi) is 3.88. The van der Waals surface area contributed by atoms with Crippen LogP contribution in [0.5, 0.6) is 0 Å². The average Bonchev–Trinajstić information content (AvgIpc) is 2.85. The first-order chi connectivity index (χ1) is 8.33. The lowest BCUT2D eigenvalue weighted by Crippen LogP contribution is -2.10. The molecule has 0 aliphatic carbocycles. The lowest BCUT2D eigenvalue weighted by atomic mass is 10.1. The van der Waals surface area contributed by atoms with Crippen LogP contribution in [-0.4, -0.2) is 23.7 Å². The Morgan fingerprint density at radius 1 is 1.24 bits per heavy atom. The number of hydrogen-bond acceptors (Lipinski definition) is 4. The zero-order valence-corrected chi connectivity index (χ0v) is 10.2. The van der Waals surface area contributed by atoms with Gasteiger partial charge in [-0.2, -0.15) is 4.98 Å². The molecule has 1 N–H and O–H groups in total. The third-order valence-corrected chi connectivity index (χ3v) is 2.68. The number of hydrogen-bond donors (Lipinski definition) is 1. The summed E-state index contributed by atoms with van der Waals surface area (Å²) in [6.45, 7) is 2.99. The predicted octanol–water partition coefficient (Wildman–Crippen LogP) is 2.06. The third kappa shape index (κ3) is 2.91. The van der Waals surface area contributed by atoms with Crippen molar-refractivity contribution < 1.29 is 4.52 Å². The maximum absolute atomic E-state index is 5.23. The number of aryl methyl sites for hydroxylation is 1. The minimum absolute atomic E-state index is 0.596. The molecule has 90 valence electrons. The first-order valence-corrected chi connectivity index (χ1v) is 5.90. The van der Waals surface area contributed by atoms with Crippen molar-refractivity contribution in [2.45, 2.75) is 19.8 Å². The first kappa shape index (κ1) is 11.8. The van der Waals surface area contributed by atoms with Crippen LogP contribution in [0.4, 0.5) is 0 Å².